The van der Waals surface area contributed by atoms with E-state index in [0.29, 0.717) is 40.3 Å². The Morgan fingerprint density at radius 3 is 2.76 bits per heavy atom. The van der Waals surface area contributed by atoms with E-state index in [1.54, 1.807) is 18.2 Å². The Morgan fingerprint density at radius 2 is 2.08 bits per heavy atom. The van der Waals surface area contributed by atoms with Gasteiger partial charge in [0.1, 0.15) is 4.48 Å². The lowest BCUT2D eigenvalue weighted by atomic mass is 9.92. The molecule has 0 aliphatic heterocycles. The third kappa shape index (κ3) is 4.94. The summed E-state index contributed by atoms with van der Waals surface area (Å²) in [5.74, 6) is -0.808. The summed E-state index contributed by atoms with van der Waals surface area (Å²) in [6.07, 6.45) is 4.58. The van der Waals surface area contributed by atoms with E-state index >= 15 is 0 Å². The zero-order valence-corrected chi connectivity index (χ0v) is 15.9. The van der Waals surface area contributed by atoms with E-state index in [1.807, 2.05) is 0 Å². The van der Waals surface area contributed by atoms with Crippen LogP contribution in [0.15, 0.2) is 33.8 Å². The lowest BCUT2D eigenvalue weighted by Crippen LogP contribution is -2.18. The van der Waals surface area contributed by atoms with E-state index < -0.39 is 5.97 Å². The SMILES string of the molecule is COC(=O)C(Br)=Cc1cc(NC(=O)C2=C(C#N)CCCC2)ccc1Cl. The molecular weight excluding hydrogens is 408 g/mol. The van der Waals surface area contributed by atoms with Gasteiger partial charge in [0, 0.05) is 21.9 Å². The molecule has 0 saturated carbocycles. The number of nitrogens with zero attached hydrogens (tertiary/aromatic N) is 1. The standard InChI is InChI=1S/C18H16BrClN2O3/c1-25-18(24)15(19)9-12-8-13(6-7-16(12)20)22-17(23)14-5-3-2-4-11(14)10-21/h6-9H,2-5H2,1H3,(H,22,23). The molecule has 0 fully saturated rings. The van der Waals surface area contributed by atoms with Crippen LogP contribution in [-0.2, 0) is 14.3 Å². The highest BCUT2D eigenvalue weighted by Crippen LogP contribution is 2.28. The van der Waals surface area contributed by atoms with Gasteiger partial charge in [-0.25, -0.2) is 4.79 Å². The number of hydrogen-bond acceptors (Lipinski definition) is 4. The van der Waals surface area contributed by atoms with E-state index in [0.717, 1.165) is 12.8 Å². The van der Waals surface area contributed by atoms with Crippen LogP contribution in [0.4, 0.5) is 5.69 Å². The Balaban J connectivity index is 2.25. The van der Waals surface area contributed by atoms with E-state index in [-0.39, 0.29) is 10.4 Å². The van der Waals surface area contributed by atoms with Crippen molar-refractivity contribution in [3.05, 3.63) is 44.4 Å². The molecule has 0 aromatic heterocycles. The second-order valence-electron chi connectivity index (χ2n) is 5.45. The molecule has 1 aromatic rings. The molecule has 130 valence electrons. The smallest absolute Gasteiger partial charge is 0.344 e. The second kappa shape index (κ2) is 8.84. The third-order valence-corrected chi connectivity index (χ3v) is 4.69. The van der Waals surface area contributed by atoms with Crippen molar-refractivity contribution in [2.24, 2.45) is 0 Å². The topological polar surface area (TPSA) is 79.2 Å². The molecule has 7 heteroatoms. The van der Waals surface area contributed by atoms with Crippen molar-refractivity contribution in [1.82, 2.24) is 0 Å². The number of nitrogens with one attached hydrogen (secondary N) is 1. The predicted molar refractivity (Wildman–Crippen MR) is 100 cm³/mol. The van der Waals surface area contributed by atoms with Gasteiger partial charge >= 0.3 is 5.97 Å². The first-order valence-electron chi connectivity index (χ1n) is 7.64. The molecule has 0 radical (unpaired) electrons. The number of carbonyl (C=O) groups is 2. The molecule has 0 saturated heterocycles. The molecule has 0 bridgehead atoms. The first-order chi connectivity index (χ1) is 12.0. The average Bonchev–Trinajstić information content (AvgIpc) is 2.63. The number of methoxy groups -OCH3 is 1. The number of amides is 1. The minimum Gasteiger partial charge on any atom is -0.465 e. The van der Waals surface area contributed by atoms with Gasteiger partial charge < -0.3 is 10.1 Å². The minimum atomic E-state index is -0.531. The summed E-state index contributed by atoms with van der Waals surface area (Å²) in [5.41, 5.74) is 2.17. The highest BCUT2D eigenvalue weighted by molar-refractivity contribution is 9.12. The number of carbonyl (C=O) groups excluding carboxylic acids is 2. The number of anilines is 1. The van der Waals surface area contributed by atoms with Crippen LogP contribution in [0, 0.1) is 11.3 Å². The van der Waals surface area contributed by atoms with E-state index in [4.69, 9.17) is 16.9 Å². The monoisotopic (exact) mass is 422 g/mol. The predicted octanol–water partition coefficient (Wildman–Crippen LogP) is 4.58. The quantitative estimate of drug-likeness (QED) is 0.568. The Labute approximate surface area is 159 Å². The fourth-order valence-electron chi connectivity index (χ4n) is 2.51. The molecule has 1 N–H and O–H groups in total. The molecule has 2 rings (SSSR count). The maximum Gasteiger partial charge on any atom is 0.344 e. The summed E-state index contributed by atoms with van der Waals surface area (Å²) in [4.78, 5) is 23.9. The maximum absolute atomic E-state index is 12.5. The number of halogens is 2. The van der Waals surface area contributed by atoms with Crippen LogP contribution in [-0.4, -0.2) is 19.0 Å². The summed E-state index contributed by atoms with van der Waals surface area (Å²) in [5, 5.41) is 12.4. The summed E-state index contributed by atoms with van der Waals surface area (Å²) in [6, 6.07) is 7.06. The summed E-state index contributed by atoms with van der Waals surface area (Å²) in [7, 11) is 1.28. The van der Waals surface area contributed by atoms with Gasteiger partial charge in [-0.2, -0.15) is 5.26 Å². The van der Waals surface area contributed by atoms with Gasteiger partial charge in [-0.05, 0) is 71.5 Å². The molecule has 25 heavy (non-hydrogen) atoms. The maximum atomic E-state index is 12.5. The molecular formula is C18H16BrClN2O3. The van der Waals surface area contributed by atoms with Crippen molar-refractivity contribution in [2.45, 2.75) is 25.7 Å². The van der Waals surface area contributed by atoms with Crippen molar-refractivity contribution in [3.8, 4) is 6.07 Å². The fourth-order valence-corrected chi connectivity index (χ4v) is 3.09. The number of rotatable bonds is 4. The van der Waals surface area contributed by atoms with E-state index in [1.165, 1.54) is 13.2 Å². The minimum absolute atomic E-state index is 0.210. The summed E-state index contributed by atoms with van der Waals surface area (Å²) < 4.78 is 4.83. The second-order valence-corrected chi connectivity index (χ2v) is 6.71. The fraction of sp³-hybridized carbons (Fsp3) is 0.278. The summed E-state index contributed by atoms with van der Waals surface area (Å²) >= 11 is 9.26. The van der Waals surface area contributed by atoms with Crippen LogP contribution in [0.25, 0.3) is 6.08 Å². The average molecular weight is 424 g/mol. The van der Waals surface area contributed by atoms with Crippen LogP contribution in [0.1, 0.15) is 31.2 Å². The van der Waals surface area contributed by atoms with Gasteiger partial charge in [0.2, 0.25) is 0 Å². The van der Waals surface area contributed by atoms with Crippen LogP contribution in [0.3, 0.4) is 0 Å². The van der Waals surface area contributed by atoms with E-state index in [2.05, 4.69) is 32.1 Å². The lowest BCUT2D eigenvalue weighted by Gasteiger charge is -2.16. The third-order valence-electron chi connectivity index (χ3n) is 3.79. The molecule has 1 aliphatic carbocycles. The summed E-state index contributed by atoms with van der Waals surface area (Å²) in [6.45, 7) is 0. The van der Waals surface area contributed by atoms with Crippen molar-refractivity contribution in [3.63, 3.8) is 0 Å². The molecule has 1 aromatic carbocycles. The number of allylic oxidation sites excluding steroid dienone is 1. The normalized spacial score (nSPS) is 14.7. The Hall–Kier alpha value is -2.10. The Kier molecular flexibility index (Phi) is 6.80. The van der Waals surface area contributed by atoms with Gasteiger partial charge in [-0.1, -0.05) is 11.6 Å². The number of hydrogen-bond donors (Lipinski definition) is 1. The van der Waals surface area contributed by atoms with Crippen LogP contribution >= 0.6 is 27.5 Å². The lowest BCUT2D eigenvalue weighted by molar-refractivity contribution is -0.135. The largest absolute Gasteiger partial charge is 0.465 e. The zero-order valence-electron chi connectivity index (χ0n) is 13.6. The van der Waals surface area contributed by atoms with Gasteiger partial charge in [0.05, 0.1) is 13.2 Å². The van der Waals surface area contributed by atoms with Gasteiger partial charge in [-0.3, -0.25) is 4.79 Å². The Morgan fingerprint density at radius 1 is 1.36 bits per heavy atom. The van der Waals surface area contributed by atoms with Crippen molar-refractivity contribution < 1.29 is 14.3 Å². The molecule has 1 amide bonds. The van der Waals surface area contributed by atoms with Gasteiger partial charge in [0.25, 0.3) is 5.91 Å². The first kappa shape index (κ1) is 19.2. The molecule has 5 nitrogen and oxygen atoms in total. The highest BCUT2D eigenvalue weighted by Gasteiger charge is 2.19. The number of nitriles is 1. The number of benzene rings is 1. The molecule has 0 heterocycles. The van der Waals surface area contributed by atoms with Gasteiger partial charge in [0.15, 0.2) is 0 Å². The van der Waals surface area contributed by atoms with Crippen molar-refractivity contribution in [2.75, 3.05) is 12.4 Å². The first-order valence-corrected chi connectivity index (χ1v) is 8.82. The Bertz CT molecular complexity index is 809. The molecule has 1 aliphatic rings. The van der Waals surface area contributed by atoms with Crippen LogP contribution < -0.4 is 5.32 Å². The van der Waals surface area contributed by atoms with Crippen molar-refractivity contribution in [1.29, 1.82) is 5.26 Å². The molecule has 0 unspecified atom stereocenters. The molecule has 0 atom stereocenters. The van der Waals surface area contributed by atoms with Crippen molar-refractivity contribution >= 4 is 51.2 Å². The molecule has 0 spiro atoms. The highest BCUT2D eigenvalue weighted by atomic mass is 79.9. The number of ether oxygens (including phenoxy) is 1. The van der Waals surface area contributed by atoms with Crippen LogP contribution in [0.5, 0.6) is 0 Å². The number of esters is 1. The van der Waals surface area contributed by atoms with Crippen LogP contribution in [0.2, 0.25) is 5.02 Å². The van der Waals surface area contributed by atoms with E-state index in [9.17, 15) is 9.59 Å². The van der Waals surface area contributed by atoms with Gasteiger partial charge in [-0.15, -0.1) is 0 Å². The zero-order chi connectivity index (χ0) is 18.4.